The van der Waals surface area contributed by atoms with E-state index in [-0.39, 0.29) is 35.8 Å². The molecule has 1 rings (SSSR count). The number of carbonyl (C=O) groups excluding carboxylic acids is 4. The fourth-order valence-electron chi connectivity index (χ4n) is 1.31. The van der Waals surface area contributed by atoms with Gasteiger partial charge in [0, 0.05) is 0 Å². The molecular weight excluding hydrogens is 360 g/mol. The molecule has 1 aliphatic heterocycles. The third-order valence-corrected chi connectivity index (χ3v) is 2.93. The molecule has 10 nitrogen and oxygen atoms in total. The van der Waals surface area contributed by atoms with Crippen molar-refractivity contribution in [1.29, 1.82) is 5.26 Å². The lowest BCUT2D eigenvalue weighted by molar-refractivity contribution is -0.191. The highest BCUT2D eigenvalue weighted by molar-refractivity contribution is 7.80. The molecule has 0 bridgehead atoms. The van der Waals surface area contributed by atoms with Crippen molar-refractivity contribution in [3.63, 3.8) is 0 Å². The summed E-state index contributed by atoms with van der Waals surface area (Å²) in [6, 6.07) is 0.993. The number of urea groups is 1. The molecule has 3 amide bonds. The normalized spacial score (nSPS) is 15.2. The highest BCUT2D eigenvalue weighted by atomic mass is 32.1. The molecule has 0 aromatic carbocycles. The Kier molecular flexibility index (Phi) is 27.0. The molecule has 12 heteroatoms. The molecule has 2 unspecified atom stereocenters. The molecule has 0 spiro atoms. The van der Waals surface area contributed by atoms with E-state index in [0.717, 1.165) is 24.3 Å². The van der Waals surface area contributed by atoms with Crippen molar-refractivity contribution in [2.24, 2.45) is 0 Å². The van der Waals surface area contributed by atoms with E-state index >= 15 is 0 Å². The first-order chi connectivity index (χ1) is 10.5. The van der Waals surface area contributed by atoms with E-state index < -0.39 is 6.10 Å². The minimum absolute atomic E-state index is 0. The average Bonchev–Trinajstić information content (AvgIpc) is 2.82. The van der Waals surface area contributed by atoms with Gasteiger partial charge >= 0.3 is 12.2 Å². The largest absolute Gasteiger partial charge is 0.412 e. The Hall–Kier alpha value is -1.61. The van der Waals surface area contributed by atoms with Crippen molar-refractivity contribution in [1.82, 2.24) is 16.8 Å². The minimum atomic E-state index is -0.790. The van der Waals surface area contributed by atoms with Gasteiger partial charge in [0.25, 0.3) is 5.91 Å². The average molecular weight is 384 g/mol. The number of imide groups is 1. The standard InChI is InChI=1S/C6H10N2O2S.C5H9NOS.CO2.H3N.H2O/c9-5-4(2-1-3-11)7-6(10)8-5;6-4-5(7)2-1-3-8;2-1-3;;/h4,11H,1-3H2,(H2,7,8,9,10);5,7-8H,1-3H2;;1H3;1H2. The van der Waals surface area contributed by atoms with Gasteiger partial charge in [0.1, 0.15) is 12.1 Å². The monoisotopic (exact) mass is 384 g/mol. The Bertz CT molecular complexity index is 413. The molecule has 0 aliphatic carbocycles. The third-order valence-electron chi connectivity index (χ3n) is 2.29. The Balaban J connectivity index is -0.000000138. The Morgan fingerprint density at radius 1 is 1.21 bits per heavy atom. The summed E-state index contributed by atoms with van der Waals surface area (Å²) in [6.45, 7) is 0. The van der Waals surface area contributed by atoms with E-state index in [1.807, 2.05) is 0 Å². The maximum Gasteiger partial charge on any atom is 0.373 e. The number of aliphatic hydroxyl groups is 1. The van der Waals surface area contributed by atoms with Crippen molar-refractivity contribution in [2.75, 3.05) is 11.5 Å². The number of rotatable bonds is 6. The molecule has 2 atom stereocenters. The van der Waals surface area contributed by atoms with Crippen LogP contribution in [0.2, 0.25) is 0 Å². The number of hydrogen-bond donors (Lipinski definition) is 6. The lowest BCUT2D eigenvalue weighted by Gasteiger charge is -2.03. The number of aliphatic hydroxyl groups excluding tert-OH is 1. The van der Waals surface area contributed by atoms with E-state index in [2.05, 4.69) is 35.9 Å². The van der Waals surface area contributed by atoms with Gasteiger partial charge in [0.2, 0.25) is 0 Å². The smallest absolute Gasteiger partial charge is 0.373 e. The van der Waals surface area contributed by atoms with Crippen molar-refractivity contribution in [3.8, 4) is 6.07 Å². The number of nitriles is 1. The fourth-order valence-corrected chi connectivity index (χ4v) is 1.67. The predicted molar refractivity (Wildman–Crippen MR) is 91.9 cm³/mol. The summed E-state index contributed by atoms with van der Waals surface area (Å²) in [6.07, 6.45) is 2.31. The molecule has 0 aromatic heterocycles. The zero-order valence-corrected chi connectivity index (χ0v) is 14.8. The van der Waals surface area contributed by atoms with Gasteiger partial charge in [-0.1, -0.05) is 0 Å². The maximum atomic E-state index is 10.9. The summed E-state index contributed by atoms with van der Waals surface area (Å²) in [5, 5.41) is 21.3. The summed E-state index contributed by atoms with van der Waals surface area (Å²) in [5.74, 6) is 1.25. The molecule has 24 heavy (non-hydrogen) atoms. The fraction of sp³-hybridized carbons (Fsp3) is 0.667. The van der Waals surface area contributed by atoms with Crippen LogP contribution in [0.1, 0.15) is 25.7 Å². The van der Waals surface area contributed by atoms with E-state index in [4.69, 9.17) is 20.0 Å². The Morgan fingerprint density at radius 3 is 2.04 bits per heavy atom. The SMILES string of the molecule is N.N#CC(O)CCCS.O.O=C1NC(=O)C(CCCS)N1.O=C=O. The highest BCUT2D eigenvalue weighted by Gasteiger charge is 2.28. The molecule has 1 fully saturated rings. The van der Waals surface area contributed by atoms with Gasteiger partial charge in [0.05, 0.1) is 6.07 Å². The van der Waals surface area contributed by atoms with E-state index in [9.17, 15) is 9.59 Å². The van der Waals surface area contributed by atoms with Crippen LogP contribution in [0.4, 0.5) is 4.79 Å². The van der Waals surface area contributed by atoms with Crippen LogP contribution in [0.15, 0.2) is 0 Å². The first-order valence-electron chi connectivity index (χ1n) is 6.36. The van der Waals surface area contributed by atoms with Crippen LogP contribution in [0.3, 0.4) is 0 Å². The molecule has 140 valence electrons. The lowest BCUT2D eigenvalue weighted by Crippen LogP contribution is -2.28. The second-order valence-corrected chi connectivity index (χ2v) is 4.87. The van der Waals surface area contributed by atoms with Crippen LogP contribution < -0.4 is 16.8 Å². The van der Waals surface area contributed by atoms with Gasteiger partial charge in [-0.2, -0.15) is 40.1 Å². The van der Waals surface area contributed by atoms with Crippen molar-refractivity contribution in [2.45, 2.75) is 37.8 Å². The summed E-state index contributed by atoms with van der Waals surface area (Å²) in [5.41, 5.74) is 0. The van der Waals surface area contributed by atoms with Crippen LogP contribution >= 0.6 is 25.3 Å². The van der Waals surface area contributed by atoms with Crippen LogP contribution in [0.5, 0.6) is 0 Å². The zero-order valence-electron chi connectivity index (χ0n) is 13.0. The van der Waals surface area contributed by atoms with Gasteiger partial charge in [-0.15, -0.1) is 0 Å². The molecule has 0 radical (unpaired) electrons. The Labute approximate surface area is 151 Å². The zero-order chi connectivity index (χ0) is 17.4. The number of nitrogens with zero attached hydrogens (tertiary/aromatic N) is 1. The molecule has 1 heterocycles. The van der Waals surface area contributed by atoms with Crippen LogP contribution in [0, 0.1) is 11.3 Å². The molecule has 1 saturated heterocycles. The topological polar surface area (TPSA) is 203 Å². The molecule has 1 aliphatic rings. The summed E-state index contributed by atoms with van der Waals surface area (Å²) in [4.78, 5) is 37.7. The number of thiol groups is 2. The van der Waals surface area contributed by atoms with Gasteiger partial charge in [-0.25, -0.2) is 4.79 Å². The number of nitrogens with one attached hydrogen (secondary N) is 2. The second kappa shape index (κ2) is 21.4. The summed E-state index contributed by atoms with van der Waals surface area (Å²) >= 11 is 7.91. The maximum absolute atomic E-state index is 10.9. The molecular formula is C12H24N4O6S2. The van der Waals surface area contributed by atoms with E-state index in [0.29, 0.717) is 12.8 Å². The highest BCUT2D eigenvalue weighted by Crippen LogP contribution is 2.02. The second-order valence-electron chi connectivity index (χ2n) is 3.98. The third kappa shape index (κ3) is 18.4. The molecule has 0 saturated carbocycles. The molecule has 8 N–H and O–H groups in total. The van der Waals surface area contributed by atoms with E-state index in [1.165, 1.54) is 0 Å². The summed E-state index contributed by atoms with van der Waals surface area (Å²) < 4.78 is 0. The molecule has 0 aromatic rings. The summed E-state index contributed by atoms with van der Waals surface area (Å²) in [7, 11) is 0. The lowest BCUT2D eigenvalue weighted by atomic mass is 10.2. The van der Waals surface area contributed by atoms with Gasteiger partial charge in [-0.05, 0) is 37.2 Å². The van der Waals surface area contributed by atoms with E-state index in [1.54, 1.807) is 6.07 Å². The van der Waals surface area contributed by atoms with Gasteiger partial charge < -0.3 is 22.1 Å². The predicted octanol–water partition coefficient (Wildman–Crippen LogP) is -0.761. The quantitative estimate of drug-likeness (QED) is 0.196. The van der Waals surface area contributed by atoms with Crippen molar-refractivity contribution in [3.05, 3.63) is 0 Å². The first kappa shape index (κ1) is 30.3. The number of carbonyl (C=O) groups is 2. The van der Waals surface area contributed by atoms with Crippen molar-refractivity contribution < 1.29 is 29.8 Å². The van der Waals surface area contributed by atoms with Gasteiger partial charge in [-0.3, -0.25) is 10.1 Å². The van der Waals surface area contributed by atoms with Crippen LogP contribution in [-0.2, 0) is 14.4 Å². The van der Waals surface area contributed by atoms with Crippen LogP contribution in [-0.4, -0.2) is 52.3 Å². The van der Waals surface area contributed by atoms with Gasteiger partial charge in [0.15, 0.2) is 0 Å². The number of amides is 3. The Morgan fingerprint density at radius 2 is 1.71 bits per heavy atom. The number of hydrogen-bond acceptors (Lipinski definition) is 9. The first-order valence-corrected chi connectivity index (χ1v) is 7.63. The van der Waals surface area contributed by atoms with Crippen molar-refractivity contribution >= 4 is 43.3 Å². The van der Waals surface area contributed by atoms with Crippen LogP contribution in [0.25, 0.3) is 0 Å². The minimum Gasteiger partial charge on any atom is -0.412 e.